The molecule has 0 saturated carbocycles. The second-order valence-corrected chi connectivity index (χ2v) is 6.33. The van der Waals surface area contributed by atoms with Crippen molar-refractivity contribution >= 4 is 22.5 Å². The lowest BCUT2D eigenvalue weighted by atomic mass is 9.95. The minimum atomic E-state index is 0.455. The first-order valence-corrected chi connectivity index (χ1v) is 8.07. The van der Waals surface area contributed by atoms with Crippen LogP contribution < -0.4 is 5.73 Å². The van der Waals surface area contributed by atoms with E-state index in [9.17, 15) is 0 Å². The number of para-hydroxylation sites is 1. The minimum Gasteiger partial charge on any atom is -0.329 e. The summed E-state index contributed by atoms with van der Waals surface area (Å²) in [5.74, 6) is 0. The van der Waals surface area contributed by atoms with Crippen LogP contribution in [0.2, 0.25) is 5.15 Å². The second-order valence-electron chi connectivity index (χ2n) is 5.97. The van der Waals surface area contributed by atoms with Crippen molar-refractivity contribution in [2.45, 2.75) is 44.8 Å². The van der Waals surface area contributed by atoms with Gasteiger partial charge < -0.3 is 5.73 Å². The molecule has 2 heterocycles. The third-order valence-corrected chi connectivity index (χ3v) is 4.90. The molecule has 0 bridgehead atoms. The molecule has 2 aromatic rings. The molecule has 1 fully saturated rings. The number of hydrogen-bond acceptors (Lipinski definition) is 3. The van der Waals surface area contributed by atoms with Crippen LogP contribution in [0.25, 0.3) is 10.9 Å². The highest BCUT2D eigenvalue weighted by molar-refractivity contribution is 6.30. The molecule has 3 rings (SSSR count). The lowest BCUT2D eigenvalue weighted by Gasteiger charge is -2.40. The molecule has 1 aromatic heterocycles. The predicted molar refractivity (Wildman–Crippen MR) is 88.5 cm³/mol. The fraction of sp³-hybridized carbons (Fsp3) is 0.471. The topological polar surface area (TPSA) is 42.1 Å². The van der Waals surface area contributed by atoms with Gasteiger partial charge in [0.2, 0.25) is 0 Å². The zero-order chi connectivity index (χ0) is 14.8. The number of halogens is 1. The van der Waals surface area contributed by atoms with Crippen LogP contribution in [0, 0.1) is 0 Å². The van der Waals surface area contributed by atoms with Crippen LogP contribution in [0.3, 0.4) is 0 Å². The Hall–Kier alpha value is -1.16. The van der Waals surface area contributed by atoms with Crippen LogP contribution in [-0.4, -0.2) is 28.5 Å². The van der Waals surface area contributed by atoms with Gasteiger partial charge in [-0.3, -0.25) is 4.90 Å². The third-order valence-electron chi connectivity index (χ3n) is 4.57. The largest absolute Gasteiger partial charge is 0.329 e. The van der Waals surface area contributed by atoms with Gasteiger partial charge in [0.15, 0.2) is 0 Å². The molecule has 112 valence electrons. The van der Waals surface area contributed by atoms with E-state index in [4.69, 9.17) is 17.3 Å². The first-order chi connectivity index (χ1) is 10.2. The van der Waals surface area contributed by atoms with Gasteiger partial charge in [-0.2, -0.15) is 0 Å². The smallest absolute Gasteiger partial charge is 0.134 e. The van der Waals surface area contributed by atoms with E-state index in [0.29, 0.717) is 23.8 Å². The lowest BCUT2D eigenvalue weighted by Crippen LogP contribution is -2.48. The number of piperidine rings is 1. The van der Waals surface area contributed by atoms with E-state index in [1.54, 1.807) is 0 Å². The Kier molecular flexibility index (Phi) is 4.43. The third kappa shape index (κ3) is 3.05. The zero-order valence-electron chi connectivity index (χ0n) is 12.4. The van der Waals surface area contributed by atoms with E-state index < -0.39 is 0 Å². The Morgan fingerprint density at radius 1 is 1.33 bits per heavy atom. The average Bonchev–Trinajstić information content (AvgIpc) is 2.49. The number of likely N-dealkylation sites (tertiary alicyclic amines) is 1. The number of nitrogens with two attached hydrogens (primary N) is 1. The Morgan fingerprint density at radius 2 is 2.14 bits per heavy atom. The van der Waals surface area contributed by atoms with Gasteiger partial charge in [-0.15, -0.1) is 0 Å². The Morgan fingerprint density at radius 3 is 2.95 bits per heavy atom. The number of benzene rings is 1. The van der Waals surface area contributed by atoms with Gasteiger partial charge in [0.1, 0.15) is 5.15 Å². The number of rotatable bonds is 3. The maximum Gasteiger partial charge on any atom is 0.134 e. The fourth-order valence-electron chi connectivity index (χ4n) is 3.32. The number of nitrogens with zero attached hydrogens (tertiary/aromatic N) is 2. The molecule has 2 N–H and O–H groups in total. The predicted octanol–water partition coefficient (Wildman–Crippen LogP) is 3.59. The first-order valence-electron chi connectivity index (χ1n) is 7.69. The van der Waals surface area contributed by atoms with E-state index in [1.807, 2.05) is 18.2 Å². The molecule has 0 amide bonds. The van der Waals surface area contributed by atoms with Crippen molar-refractivity contribution in [3.05, 3.63) is 41.0 Å². The van der Waals surface area contributed by atoms with E-state index >= 15 is 0 Å². The molecule has 21 heavy (non-hydrogen) atoms. The van der Waals surface area contributed by atoms with Crippen LogP contribution in [0.4, 0.5) is 0 Å². The number of aromatic nitrogens is 1. The normalized spacial score (nSPS) is 23.6. The van der Waals surface area contributed by atoms with Crippen molar-refractivity contribution in [1.29, 1.82) is 0 Å². The van der Waals surface area contributed by atoms with Crippen molar-refractivity contribution in [2.24, 2.45) is 5.73 Å². The second kappa shape index (κ2) is 6.30. The molecule has 1 aliphatic heterocycles. The maximum atomic E-state index is 6.39. The van der Waals surface area contributed by atoms with Gasteiger partial charge >= 0.3 is 0 Å². The van der Waals surface area contributed by atoms with Gasteiger partial charge in [-0.25, -0.2) is 4.98 Å². The molecule has 2 atom stereocenters. The molecule has 0 aliphatic carbocycles. The molecule has 3 nitrogen and oxygen atoms in total. The summed E-state index contributed by atoms with van der Waals surface area (Å²) in [6, 6.07) is 11.3. The molecule has 0 radical (unpaired) electrons. The van der Waals surface area contributed by atoms with Crippen molar-refractivity contribution in [2.75, 3.05) is 6.54 Å². The van der Waals surface area contributed by atoms with Crippen molar-refractivity contribution in [3.8, 4) is 0 Å². The van der Waals surface area contributed by atoms with Crippen LogP contribution in [0.1, 0.15) is 31.7 Å². The minimum absolute atomic E-state index is 0.455. The Labute approximate surface area is 131 Å². The summed E-state index contributed by atoms with van der Waals surface area (Å²) in [6.45, 7) is 3.83. The lowest BCUT2D eigenvalue weighted by molar-refractivity contribution is 0.0892. The monoisotopic (exact) mass is 303 g/mol. The van der Waals surface area contributed by atoms with E-state index in [-0.39, 0.29) is 0 Å². The summed E-state index contributed by atoms with van der Waals surface area (Å²) in [7, 11) is 0. The van der Waals surface area contributed by atoms with Gasteiger partial charge in [0, 0.05) is 36.1 Å². The molecular weight excluding hydrogens is 282 g/mol. The Balaban J connectivity index is 1.91. The highest BCUT2D eigenvalue weighted by Crippen LogP contribution is 2.28. The molecule has 2 unspecified atom stereocenters. The van der Waals surface area contributed by atoms with E-state index in [1.165, 1.54) is 19.3 Å². The molecule has 1 aliphatic rings. The summed E-state index contributed by atoms with van der Waals surface area (Å²) in [5.41, 5.74) is 8.00. The van der Waals surface area contributed by atoms with Crippen molar-refractivity contribution < 1.29 is 0 Å². The summed E-state index contributed by atoms with van der Waals surface area (Å²) in [4.78, 5) is 7.01. The van der Waals surface area contributed by atoms with E-state index in [2.05, 4.69) is 28.9 Å². The quantitative estimate of drug-likeness (QED) is 0.881. The Bertz CT molecular complexity index is 628. The van der Waals surface area contributed by atoms with Gasteiger partial charge in [-0.1, -0.05) is 36.2 Å². The van der Waals surface area contributed by atoms with Crippen LogP contribution >= 0.6 is 11.6 Å². The molecule has 1 saturated heterocycles. The fourth-order valence-corrected chi connectivity index (χ4v) is 3.53. The highest BCUT2D eigenvalue weighted by Gasteiger charge is 2.27. The molecule has 4 heteroatoms. The van der Waals surface area contributed by atoms with Crippen molar-refractivity contribution in [3.63, 3.8) is 0 Å². The zero-order valence-corrected chi connectivity index (χ0v) is 13.2. The standard InChI is InChI=1S/C17H22ClN3/c1-12-5-4-7-15(10-19)21(12)11-14-9-13-6-2-3-8-16(13)20-17(14)18/h2-3,6,8-9,12,15H,4-5,7,10-11,19H2,1H3. The molecular formula is C17H22ClN3. The first kappa shape index (κ1) is 14.8. The summed E-state index contributed by atoms with van der Waals surface area (Å²) in [5, 5.41) is 1.76. The SMILES string of the molecule is CC1CCCC(CN)N1Cc1cc2ccccc2nc1Cl. The van der Waals surface area contributed by atoms with Crippen molar-refractivity contribution in [1.82, 2.24) is 9.88 Å². The van der Waals surface area contributed by atoms with Crippen LogP contribution in [0.5, 0.6) is 0 Å². The van der Waals surface area contributed by atoms with Gasteiger partial charge in [-0.05, 0) is 31.9 Å². The number of fused-ring (bicyclic) bond motifs is 1. The number of hydrogen-bond donors (Lipinski definition) is 1. The molecule has 1 aromatic carbocycles. The van der Waals surface area contributed by atoms with Gasteiger partial charge in [0.05, 0.1) is 5.52 Å². The summed E-state index contributed by atoms with van der Waals surface area (Å²) < 4.78 is 0. The summed E-state index contributed by atoms with van der Waals surface area (Å²) in [6.07, 6.45) is 3.68. The number of pyridine rings is 1. The highest BCUT2D eigenvalue weighted by atomic mass is 35.5. The van der Waals surface area contributed by atoms with Crippen LogP contribution in [-0.2, 0) is 6.54 Å². The van der Waals surface area contributed by atoms with E-state index in [0.717, 1.165) is 23.0 Å². The molecule has 0 spiro atoms. The average molecular weight is 304 g/mol. The van der Waals surface area contributed by atoms with Gasteiger partial charge in [0.25, 0.3) is 0 Å². The maximum absolute atomic E-state index is 6.39. The van der Waals surface area contributed by atoms with Crippen LogP contribution in [0.15, 0.2) is 30.3 Å². The summed E-state index contributed by atoms with van der Waals surface area (Å²) >= 11 is 6.39.